The predicted octanol–water partition coefficient (Wildman–Crippen LogP) is 2.01. The summed E-state index contributed by atoms with van der Waals surface area (Å²) >= 11 is 0. The standard InChI is InChI=1S/C14H26N4O/c1-4-5-12(18-8-6-15-7-9-18)14-16-13(19-17-14)10-11(2)3/h11-12,15H,4-10H2,1-3H3. The largest absolute Gasteiger partial charge is 0.339 e. The maximum Gasteiger partial charge on any atom is 0.226 e. The molecule has 0 bridgehead atoms. The normalized spacial score (nSPS) is 18.9. The van der Waals surface area contributed by atoms with E-state index in [4.69, 9.17) is 4.52 Å². The lowest BCUT2D eigenvalue weighted by molar-refractivity contribution is 0.155. The number of aromatic nitrogens is 2. The molecule has 0 aromatic carbocycles. The Balaban J connectivity index is 2.06. The van der Waals surface area contributed by atoms with Crippen LogP contribution in [0.2, 0.25) is 0 Å². The van der Waals surface area contributed by atoms with E-state index in [0.29, 0.717) is 12.0 Å². The Kier molecular flexibility index (Phi) is 5.34. The third kappa shape index (κ3) is 4.01. The van der Waals surface area contributed by atoms with Gasteiger partial charge < -0.3 is 9.84 Å². The summed E-state index contributed by atoms with van der Waals surface area (Å²) in [6.45, 7) is 10.8. The van der Waals surface area contributed by atoms with Gasteiger partial charge in [0.1, 0.15) is 0 Å². The topological polar surface area (TPSA) is 54.2 Å². The van der Waals surface area contributed by atoms with E-state index in [1.54, 1.807) is 0 Å². The first kappa shape index (κ1) is 14.5. The summed E-state index contributed by atoms with van der Waals surface area (Å²) in [6.07, 6.45) is 3.11. The average molecular weight is 266 g/mol. The smallest absolute Gasteiger partial charge is 0.226 e. The van der Waals surface area contributed by atoms with Gasteiger partial charge in [-0.3, -0.25) is 4.90 Å². The minimum Gasteiger partial charge on any atom is -0.339 e. The SMILES string of the molecule is CCCC(c1noc(CC(C)C)n1)N1CCNCC1. The van der Waals surface area contributed by atoms with E-state index < -0.39 is 0 Å². The van der Waals surface area contributed by atoms with Gasteiger partial charge in [0, 0.05) is 32.6 Å². The molecule has 1 unspecified atom stereocenters. The molecule has 1 saturated heterocycles. The molecule has 1 aromatic heterocycles. The Morgan fingerprint density at radius 2 is 2.05 bits per heavy atom. The van der Waals surface area contributed by atoms with E-state index in [0.717, 1.165) is 57.2 Å². The van der Waals surface area contributed by atoms with Crippen molar-refractivity contribution < 1.29 is 4.52 Å². The zero-order valence-corrected chi connectivity index (χ0v) is 12.4. The molecule has 0 saturated carbocycles. The molecule has 2 rings (SSSR count). The van der Waals surface area contributed by atoms with Gasteiger partial charge in [-0.25, -0.2) is 0 Å². The molecular weight excluding hydrogens is 240 g/mol. The summed E-state index contributed by atoms with van der Waals surface area (Å²) in [6, 6.07) is 0.316. The zero-order valence-electron chi connectivity index (χ0n) is 12.4. The molecule has 2 heterocycles. The van der Waals surface area contributed by atoms with Gasteiger partial charge in [-0.2, -0.15) is 4.98 Å². The number of rotatable bonds is 6. The van der Waals surface area contributed by atoms with Gasteiger partial charge in [0.25, 0.3) is 0 Å². The van der Waals surface area contributed by atoms with Gasteiger partial charge in [-0.05, 0) is 12.3 Å². The predicted molar refractivity (Wildman–Crippen MR) is 74.9 cm³/mol. The second kappa shape index (κ2) is 7.01. The molecule has 1 fully saturated rings. The van der Waals surface area contributed by atoms with Gasteiger partial charge >= 0.3 is 0 Å². The number of hydrogen-bond donors (Lipinski definition) is 1. The van der Waals surface area contributed by atoms with E-state index in [9.17, 15) is 0 Å². The fourth-order valence-corrected chi connectivity index (χ4v) is 2.58. The highest BCUT2D eigenvalue weighted by molar-refractivity contribution is 4.96. The molecule has 1 aliphatic heterocycles. The van der Waals surface area contributed by atoms with E-state index in [2.05, 4.69) is 41.1 Å². The Labute approximate surface area is 115 Å². The lowest BCUT2D eigenvalue weighted by Gasteiger charge is -2.33. The third-order valence-electron chi connectivity index (χ3n) is 3.52. The summed E-state index contributed by atoms with van der Waals surface area (Å²) in [7, 11) is 0. The Bertz CT molecular complexity index is 371. The molecule has 1 N–H and O–H groups in total. The monoisotopic (exact) mass is 266 g/mol. The van der Waals surface area contributed by atoms with Crippen molar-refractivity contribution in [3.8, 4) is 0 Å². The van der Waals surface area contributed by atoms with Gasteiger partial charge in [0.2, 0.25) is 5.89 Å². The van der Waals surface area contributed by atoms with Crippen LogP contribution in [-0.2, 0) is 6.42 Å². The van der Waals surface area contributed by atoms with E-state index in [-0.39, 0.29) is 0 Å². The van der Waals surface area contributed by atoms with Crippen LogP contribution in [0.4, 0.5) is 0 Å². The maximum absolute atomic E-state index is 5.39. The van der Waals surface area contributed by atoms with E-state index >= 15 is 0 Å². The zero-order chi connectivity index (χ0) is 13.7. The highest BCUT2D eigenvalue weighted by atomic mass is 16.5. The molecule has 0 spiro atoms. The van der Waals surface area contributed by atoms with Crippen LogP contribution < -0.4 is 5.32 Å². The number of nitrogens with zero attached hydrogens (tertiary/aromatic N) is 3. The van der Waals surface area contributed by atoms with Crippen molar-refractivity contribution in [3.63, 3.8) is 0 Å². The molecule has 19 heavy (non-hydrogen) atoms. The molecule has 1 aromatic rings. The van der Waals surface area contributed by atoms with Crippen LogP contribution in [0, 0.1) is 5.92 Å². The highest BCUT2D eigenvalue weighted by Gasteiger charge is 2.25. The second-order valence-corrected chi connectivity index (χ2v) is 5.73. The number of piperazine rings is 1. The maximum atomic E-state index is 5.39. The van der Waals surface area contributed by atoms with Crippen molar-refractivity contribution in [3.05, 3.63) is 11.7 Å². The Hall–Kier alpha value is -0.940. The lowest BCUT2D eigenvalue weighted by atomic mass is 10.1. The molecule has 5 nitrogen and oxygen atoms in total. The fourth-order valence-electron chi connectivity index (χ4n) is 2.58. The van der Waals surface area contributed by atoms with Crippen LogP contribution in [0.25, 0.3) is 0 Å². The summed E-state index contributed by atoms with van der Waals surface area (Å²) in [5, 5.41) is 7.60. The van der Waals surface area contributed by atoms with Crippen LogP contribution in [-0.4, -0.2) is 41.2 Å². The minimum atomic E-state index is 0.316. The Morgan fingerprint density at radius 3 is 2.68 bits per heavy atom. The van der Waals surface area contributed by atoms with Gasteiger partial charge in [0.15, 0.2) is 5.82 Å². The molecule has 0 aliphatic carbocycles. The molecule has 1 atom stereocenters. The first-order valence-electron chi connectivity index (χ1n) is 7.48. The molecule has 0 amide bonds. The molecule has 108 valence electrons. The number of nitrogens with one attached hydrogen (secondary N) is 1. The summed E-state index contributed by atoms with van der Waals surface area (Å²) in [5.41, 5.74) is 0. The van der Waals surface area contributed by atoms with Crippen molar-refractivity contribution in [1.82, 2.24) is 20.4 Å². The number of hydrogen-bond acceptors (Lipinski definition) is 5. The van der Waals surface area contributed by atoms with Gasteiger partial charge in [-0.15, -0.1) is 0 Å². The molecule has 0 radical (unpaired) electrons. The summed E-state index contributed by atoms with van der Waals surface area (Å²) in [5.74, 6) is 2.21. The van der Waals surface area contributed by atoms with Crippen molar-refractivity contribution in [2.45, 2.75) is 46.1 Å². The van der Waals surface area contributed by atoms with E-state index in [1.807, 2.05) is 0 Å². The van der Waals surface area contributed by atoms with Crippen LogP contribution >= 0.6 is 0 Å². The average Bonchev–Trinajstić information content (AvgIpc) is 2.84. The van der Waals surface area contributed by atoms with Crippen molar-refractivity contribution in [2.75, 3.05) is 26.2 Å². The van der Waals surface area contributed by atoms with Crippen molar-refractivity contribution in [2.24, 2.45) is 5.92 Å². The fraction of sp³-hybridized carbons (Fsp3) is 0.857. The quantitative estimate of drug-likeness (QED) is 0.853. The van der Waals surface area contributed by atoms with Crippen molar-refractivity contribution in [1.29, 1.82) is 0 Å². The van der Waals surface area contributed by atoms with Crippen LogP contribution in [0.15, 0.2) is 4.52 Å². The first-order chi connectivity index (χ1) is 9.20. The third-order valence-corrected chi connectivity index (χ3v) is 3.52. The molecular formula is C14H26N4O. The van der Waals surface area contributed by atoms with E-state index in [1.165, 1.54) is 0 Å². The first-order valence-corrected chi connectivity index (χ1v) is 7.48. The second-order valence-electron chi connectivity index (χ2n) is 5.73. The van der Waals surface area contributed by atoms with Gasteiger partial charge in [-0.1, -0.05) is 32.3 Å². The van der Waals surface area contributed by atoms with Crippen molar-refractivity contribution >= 4 is 0 Å². The van der Waals surface area contributed by atoms with Crippen LogP contribution in [0.5, 0.6) is 0 Å². The summed E-state index contributed by atoms with van der Waals surface area (Å²) < 4.78 is 5.39. The highest BCUT2D eigenvalue weighted by Crippen LogP contribution is 2.24. The summed E-state index contributed by atoms with van der Waals surface area (Å²) in [4.78, 5) is 7.08. The minimum absolute atomic E-state index is 0.316. The Morgan fingerprint density at radius 1 is 1.32 bits per heavy atom. The van der Waals surface area contributed by atoms with Gasteiger partial charge in [0.05, 0.1) is 6.04 Å². The van der Waals surface area contributed by atoms with Crippen LogP contribution in [0.1, 0.15) is 51.4 Å². The van der Waals surface area contributed by atoms with Crippen LogP contribution in [0.3, 0.4) is 0 Å². The molecule has 1 aliphatic rings. The molecule has 5 heteroatoms. The lowest BCUT2D eigenvalue weighted by Crippen LogP contribution is -2.45.